The number of likely N-dealkylation sites (tertiary alicyclic amines) is 1. The Morgan fingerprint density at radius 3 is 2.89 bits per heavy atom. The van der Waals surface area contributed by atoms with Crippen molar-refractivity contribution in [1.82, 2.24) is 14.5 Å². The number of hydrogen-bond donors (Lipinski definition) is 0. The molecule has 2 aromatic heterocycles. The van der Waals surface area contributed by atoms with Crippen LogP contribution < -0.4 is 0 Å². The normalized spacial score (nSPS) is 16.4. The van der Waals surface area contributed by atoms with E-state index in [1.54, 1.807) is 11.3 Å². The largest absolute Gasteiger partial charge is 0.330 e. The van der Waals surface area contributed by atoms with Gasteiger partial charge in [-0.15, -0.1) is 11.3 Å². The summed E-state index contributed by atoms with van der Waals surface area (Å²) in [6, 6.07) is 4.23. The Hall–Kier alpha value is -1.13. The second-order valence-corrected chi connectivity index (χ2v) is 5.77. The van der Waals surface area contributed by atoms with E-state index in [0.29, 0.717) is 0 Å². The molecule has 1 aliphatic rings. The number of nitrogens with zero attached hydrogens (tertiary/aromatic N) is 3. The van der Waals surface area contributed by atoms with E-state index in [2.05, 4.69) is 38.2 Å². The van der Waals surface area contributed by atoms with E-state index in [1.165, 1.54) is 43.8 Å². The predicted molar refractivity (Wildman–Crippen MR) is 75.8 cm³/mol. The van der Waals surface area contributed by atoms with Gasteiger partial charge in [-0.25, -0.2) is 4.98 Å². The summed E-state index contributed by atoms with van der Waals surface area (Å²) in [4.78, 5) is 8.31. The molecule has 3 heterocycles. The molecule has 0 aromatic carbocycles. The molecule has 3 nitrogen and oxygen atoms in total. The number of aryl methyl sites for hydroxylation is 1. The summed E-state index contributed by atoms with van der Waals surface area (Å²) in [5, 5.41) is 2.11. The standard InChI is InChI=1S/C14H19N3S/c1-2-8-16(7-1)9-4-10-17-11-6-15-14(17)13-5-3-12-18-13/h3,5-6,11-12H,1-2,4,7-10H2. The second-order valence-electron chi connectivity index (χ2n) is 4.82. The molecular weight excluding hydrogens is 242 g/mol. The molecule has 1 aliphatic heterocycles. The van der Waals surface area contributed by atoms with Crippen molar-refractivity contribution in [2.75, 3.05) is 19.6 Å². The highest BCUT2D eigenvalue weighted by molar-refractivity contribution is 7.13. The number of aromatic nitrogens is 2. The zero-order valence-electron chi connectivity index (χ0n) is 10.6. The minimum Gasteiger partial charge on any atom is -0.330 e. The Kier molecular flexibility index (Phi) is 3.76. The lowest BCUT2D eigenvalue weighted by molar-refractivity contribution is 0.325. The minimum atomic E-state index is 1.07. The van der Waals surface area contributed by atoms with Crippen molar-refractivity contribution in [3.8, 4) is 10.7 Å². The monoisotopic (exact) mass is 261 g/mol. The lowest BCUT2D eigenvalue weighted by Gasteiger charge is -2.14. The molecule has 0 unspecified atom stereocenters. The Morgan fingerprint density at radius 1 is 1.22 bits per heavy atom. The molecule has 0 aliphatic carbocycles. The molecule has 0 spiro atoms. The van der Waals surface area contributed by atoms with Crippen LogP contribution >= 0.6 is 11.3 Å². The van der Waals surface area contributed by atoms with Crippen LogP contribution in [0.5, 0.6) is 0 Å². The third kappa shape index (κ3) is 2.65. The highest BCUT2D eigenvalue weighted by Crippen LogP contribution is 2.23. The zero-order chi connectivity index (χ0) is 12.2. The first kappa shape index (κ1) is 11.9. The first-order chi connectivity index (χ1) is 8.93. The SMILES string of the molecule is c1csc(-c2nccn2CCCN2CCCC2)c1. The summed E-state index contributed by atoms with van der Waals surface area (Å²) >= 11 is 1.76. The van der Waals surface area contributed by atoms with Crippen LogP contribution in [-0.2, 0) is 6.54 Å². The summed E-state index contributed by atoms with van der Waals surface area (Å²) < 4.78 is 2.28. The van der Waals surface area contributed by atoms with Gasteiger partial charge < -0.3 is 9.47 Å². The fraction of sp³-hybridized carbons (Fsp3) is 0.500. The van der Waals surface area contributed by atoms with Gasteiger partial charge in [-0.3, -0.25) is 0 Å². The lowest BCUT2D eigenvalue weighted by Crippen LogP contribution is -2.21. The van der Waals surface area contributed by atoms with Gasteiger partial charge in [0.2, 0.25) is 0 Å². The van der Waals surface area contributed by atoms with Crippen molar-refractivity contribution < 1.29 is 0 Å². The summed E-state index contributed by atoms with van der Waals surface area (Å²) in [6.07, 6.45) is 7.98. The Balaban J connectivity index is 1.58. The summed E-state index contributed by atoms with van der Waals surface area (Å²) in [5.41, 5.74) is 0. The Bertz CT molecular complexity index is 469. The Morgan fingerprint density at radius 2 is 2.11 bits per heavy atom. The molecule has 0 amide bonds. The van der Waals surface area contributed by atoms with Gasteiger partial charge in [-0.2, -0.15) is 0 Å². The maximum Gasteiger partial charge on any atom is 0.149 e. The van der Waals surface area contributed by atoms with Gasteiger partial charge in [0.05, 0.1) is 4.88 Å². The van der Waals surface area contributed by atoms with E-state index >= 15 is 0 Å². The van der Waals surface area contributed by atoms with Crippen LogP contribution in [-0.4, -0.2) is 34.1 Å². The quantitative estimate of drug-likeness (QED) is 0.824. The maximum atomic E-state index is 4.47. The second kappa shape index (κ2) is 5.67. The number of imidazole rings is 1. The molecule has 18 heavy (non-hydrogen) atoms. The predicted octanol–water partition coefficient (Wildman–Crippen LogP) is 3.10. The summed E-state index contributed by atoms with van der Waals surface area (Å²) in [6.45, 7) is 4.88. The van der Waals surface area contributed by atoms with Gasteiger partial charge >= 0.3 is 0 Å². The van der Waals surface area contributed by atoms with Crippen LogP contribution in [0, 0.1) is 0 Å². The molecule has 2 aromatic rings. The van der Waals surface area contributed by atoms with E-state index in [4.69, 9.17) is 0 Å². The van der Waals surface area contributed by atoms with E-state index < -0.39 is 0 Å². The van der Waals surface area contributed by atoms with Gasteiger partial charge in [0.1, 0.15) is 5.82 Å². The molecule has 3 rings (SSSR count). The van der Waals surface area contributed by atoms with Crippen LogP contribution in [0.25, 0.3) is 10.7 Å². The van der Waals surface area contributed by atoms with Crippen molar-refractivity contribution in [3.63, 3.8) is 0 Å². The molecular formula is C14H19N3S. The molecule has 1 saturated heterocycles. The number of hydrogen-bond acceptors (Lipinski definition) is 3. The van der Waals surface area contributed by atoms with E-state index in [0.717, 1.165) is 12.4 Å². The zero-order valence-corrected chi connectivity index (χ0v) is 11.4. The van der Waals surface area contributed by atoms with Crippen molar-refractivity contribution in [3.05, 3.63) is 29.9 Å². The van der Waals surface area contributed by atoms with Crippen molar-refractivity contribution >= 4 is 11.3 Å². The molecule has 0 N–H and O–H groups in total. The van der Waals surface area contributed by atoms with Crippen LogP contribution in [0.15, 0.2) is 29.9 Å². The van der Waals surface area contributed by atoms with Gasteiger partial charge in [0, 0.05) is 18.9 Å². The van der Waals surface area contributed by atoms with Crippen molar-refractivity contribution in [2.24, 2.45) is 0 Å². The van der Waals surface area contributed by atoms with Gasteiger partial charge in [-0.1, -0.05) is 6.07 Å². The van der Waals surface area contributed by atoms with E-state index in [-0.39, 0.29) is 0 Å². The molecule has 4 heteroatoms. The minimum absolute atomic E-state index is 1.07. The average Bonchev–Trinajstić information content (AvgIpc) is 3.12. The lowest BCUT2D eigenvalue weighted by atomic mass is 10.3. The van der Waals surface area contributed by atoms with Crippen LogP contribution in [0.4, 0.5) is 0 Å². The van der Waals surface area contributed by atoms with Gasteiger partial charge in [-0.05, 0) is 50.3 Å². The van der Waals surface area contributed by atoms with Crippen molar-refractivity contribution in [1.29, 1.82) is 0 Å². The number of thiophene rings is 1. The third-order valence-electron chi connectivity index (χ3n) is 3.53. The summed E-state index contributed by atoms with van der Waals surface area (Å²) in [5.74, 6) is 1.12. The first-order valence-electron chi connectivity index (χ1n) is 6.71. The van der Waals surface area contributed by atoms with Gasteiger partial charge in [0.15, 0.2) is 0 Å². The fourth-order valence-corrected chi connectivity index (χ4v) is 3.33. The summed E-state index contributed by atoms with van der Waals surface area (Å²) in [7, 11) is 0. The number of rotatable bonds is 5. The molecule has 96 valence electrons. The molecule has 0 radical (unpaired) electrons. The van der Waals surface area contributed by atoms with Crippen LogP contribution in [0.3, 0.4) is 0 Å². The molecule has 1 fully saturated rings. The molecule has 0 bridgehead atoms. The van der Waals surface area contributed by atoms with Crippen LogP contribution in [0.1, 0.15) is 19.3 Å². The molecule has 0 atom stereocenters. The molecule has 0 saturated carbocycles. The average molecular weight is 261 g/mol. The van der Waals surface area contributed by atoms with E-state index in [1.807, 2.05) is 6.20 Å². The maximum absolute atomic E-state index is 4.47. The topological polar surface area (TPSA) is 21.1 Å². The smallest absolute Gasteiger partial charge is 0.149 e. The third-order valence-corrected chi connectivity index (χ3v) is 4.39. The van der Waals surface area contributed by atoms with Gasteiger partial charge in [0.25, 0.3) is 0 Å². The van der Waals surface area contributed by atoms with Crippen molar-refractivity contribution in [2.45, 2.75) is 25.8 Å². The fourth-order valence-electron chi connectivity index (χ4n) is 2.59. The first-order valence-corrected chi connectivity index (χ1v) is 7.59. The van der Waals surface area contributed by atoms with E-state index in [9.17, 15) is 0 Å². The highest BCUT2D eigenvalue weighted by atomic mass is 32.1. The highest BCUT2D eigenvalue weighted by Gasteiger charge is 2.11. The van der Waals surface area contributed by atoms with Crippen LogP contribution in [0.2, 0.25) is 0 Å². The Labute approximate surface area is 112 Å².